The van der Waals surface area contributed by atoms with Crippen LogP contribution in [0.3, 0.4) is 0 Å². The average Bonchev–Trinajstić information content (AvgIpc) is 3.05. The molecule has 0 bridgehead atoms. The summed E-state index contributed by atoms with van der Waals surface area (Å²) in [6, 6.07) is 9.37. The maximum atomic E-state index is 14.7. The number of carbonyl (C=O) groups is 2. The Morgan fingerprint density at radius 2 is 1.59 bits per heavy atom. The summed E-state index contributed by atoms with van der Waals surface area (Å²) in [5.74, 6) is -4.87. The van der Waals surface area contributed by atoms with E-state index in [-0.39, 0.29) is 22.4 Å². The zero-order valence-corrected chi connectivity index (χ0v) is 18.5. The largest absolute Gasteiger partial charge is 0.507 e. The van der Waals surface area contributed by atoms with Gasteiger partial charge in [0.1, 0.15) is 29.0 Å². The molecule has 174 valence electrons. The lowest BCUT2D eigenvalue weighted by Crippen LogP contribution is -2.30. The van der Waals surface area contributed by atoms with E-state index in [1.807, 2.05) is 6.07 Å². The molecule has 0 saturated carbocycles. The van der Waals surface area contributed by atoms with E-state index in [0.717, 1.165) is 40.8 Å². The van der Waals surface area contributed by atoms with Crippen LogP contribution in [-0.2, 0) is 9.59 Å². The van der Waals surface area contributed by atoms with Crippen molar-refractivity contribution in [2.24, 2.45) is 0 Å². The number of nitrogens with zero attached hydrogens (tertiary/aromatic N) is 1. The van der Waals surface area contributed by atoms with Crippen molar-refractivity contribution >= 4 is 23.1 Å². The number of hydrogen-bond donors (Lipinski definition) is 1. The Kier molecular flexibility index (Phi) is 5.91. The number of Topliss-reactive ketones (excluding diaryl/α,β-unsaturated/α-hetero) is 1. The number of aliphatic hydroxyl groups is 1. The summed E-state index contributed by atoms with van der Waals surface area (Å²) >= 11 is 0. The number of carbonyl (C=O) groups excluding carboxylic acids is 2. The van der Waals surface area contributed by atoms with E-state index >= 15 is 0 Å². The van der Waals surface area contributed by atoms with Gasteiger partial charge in [0.05, 0.1) is 30.0 Å². The van der Waals surface area contributed by atoms with Gasteiger partial charge in [-0.1, -0.05) is 18.2 Å². The number of rotatable bonds is 4. The number of ketones is 1. The zero-order chi connectivity index (χ0) is 24.7. The van der Waals surface area contributed by atoms with Crippen molar-refractivity contribution in [2.45, 2.75) is 19.9 Å². The number of aliphatic hydroxyl groups excluding tert-OH is 1. The minimum atomic E-state index is -1.34. The van der Waals surface area contributed by atoms with E-state index in [2.05, 4.69) is 0 Å². The molecule has 0 radical (unpaired) electrons. The van der Waals surface area contributed by atoms with Crippen LogP contribution in [0.4, 0.5) is 18.9 Å². The van der Waals surface area contributed by atoms with Gasteiger partial charge in [-0.2, -0.15) is 0 Å². The third-order valence-corrected chi connectivity index (χ3v) is 5.68. The molecule has 34 heavy (non-hydrogen) atoms. The van der Waals surface area contributed by atoms with Crippen LogP contribution in [0.5, 0.6) is 5.75 Å². The quantitative estimate of drug-likeness (QED) is 0.319. The molecule has 5 nitrogen and oxygen atoms in total. The first-order valence-corrected chi connectivity index (χ1v) is 10.3. The predicted octanol–water partition coefficient (Wildman–Crippen LogP) is 5.36. The molecule has 4 rings (SSSR count). The van der Waals surface area contributed by atoms with Gasteiger partial charge in [-0.25, -0.2) is 13.2 Å². The number of anilines is 1. The van der Waals surface area contributed by atoms with Gasteiger partial charge >= 0.3 is 0 Å². The highest BCUT2D eigenvalue weighted by Gasteiger charge is 2.48. The summed E-state index contributed by atoms with van der Waals surface area (Å²) in [6.45, 7) is 3.53. The molecule has 1 unspecified atom stereocenters. The minimum absolute atomic E-state index is 0.157. The standard InChI is InChI=1S/C26H20F3NO4/c1-13-10-14(2)25(34-3)18(11-13)23(31)21-22(15-4-6-16(27)7-5-15)30(26(33)24(21)32)20-12-17(28)8-9-19(20)29/h4-12,22,31H,1-3H3/b23-21+. The second-order valence-electron chi connectivity index (χ2n) is 7.98. The van der Waals surface area contributed by atoms with Crippen LogP contribution in [-0.4, -0.2) is 23.9 Å². The molecule has 3 aromatic rings. The molecule has 1 heterocycles. The zero-order valence-electron chi connectivity index (χ0n) is 18.5. The number of amides is 1. The van der Waals surface area contributed by atoms with Crippen LogP contribution >= 0.6 is 0 Å². The predicted molar refractivity (Wildman–Crippen MR) is 120 cm³/mol. The number of ether oxygens (including phenoxy) is 1. The van der Waals surface area contributed by atoms with Crippen molar-refractivity contribution in [3.8, 4) is 5.75 Å². The molecule has 0 spiro atoms. The molecule has 3 aromatic carbocycles. The van der Waals surface area contributed by atoms with Gasteiger partial charge in [-0.15, -0.1) is 0 Å². The van der Waals surface area contributed by atoms with Gasteiger partial charge in [-0.3, -0.25) is 14.5 Å². The Morgan fingerprint density at radius 3 is 2.24 bits per heavy atom. The minimum Gasteiger partial charge on any atom is -0.507 e. The highest BCUT2D eigenvalue weighted by Crippen LogP contribution is 2.44. The highest BCUT2D eigenvalue weighted by atomic mass is 19.1. The average molecular weight is 467 g/mol. The number of halogens is 3. The normalized spacial score (nSPS) is 17.4. The number of methoxy groups -OCH3 is 1. The van der Waals surface area contributed by atoms with E-state index in [0.29, 0.717) is 5.56 Å². The fourth-order valence-electron chi connectivity index (χ4n) is 4.26. The van der Waals surface area contributed by atoms with Crippen LogP contribution in [0.1, 0.15) is 28.3 Å². The second kappa shape index (κ2) is 8.70. The molecule has 1 amide bonds. The molecule has 1 atom stereocenters. The molecule has 0 aliphatic carbocycles. The Labute approximate surface area is 193 Å². The van der Waals surface area contributed by atoms with E-state index in [9.17, 15) is 27.9 Å². The fraction of sp³-hybridized carbons (Fsp3) is 0.154. The molecule has 0 aromatic heterocycles. The van der Waals surface area contributed by atoms with Crippen LogP contribution in [0.25, 0.3) is 5.76 Å². The first-order valence-electron chi connectivity index (χ1n) is 10.3. The van der Waals surface area contributed by atoms with Crippen molar-refractivity contribution in [3.63, 3.8) is 0 Å². The third kappa shape index (κ3) is 3.81. The lowest BCUT2D eigenvalue weighted by atomic mass is 9.93. The molecule has 8 heteroatoms. The molecule has 1 saturated heterocycles. The fourth-order valence-corrected chi connectivity index (χ4v) is 4.26. The number of benzene rings is 3. The Hall–Kier alpha value is -4.07. The summed E-state index contributed by atoms with van der Waals surface area (Å²) in [4.78, 5) is 27.0. The molecule has 1 N–H and O–H groups in total. The summed E-state index contributed by atoms with van der Waals surface area (Å²) in [5, 5.41) is 11.3. The van der Waals surface area contributed by atoms with Crippen molar-refractivity contribution in [2.75, 3.05) is 12.0 Å². The van der Waals surface area contributed by atoms with Crippen molar-refractivity contribution < 1.29 is 32.6 Å². The van der Waals surface area contributed by atoms with Gasteiger partial charge in [0.15, 0.2) is 0 Å². The van der Waals surface area contributed by atoms with Crippen molar-refractivity contribution in [3.05, 3.63) is 99.9 Å². The van der Waals surface area contributed by atoms with E-state index in [1.54, 1.807) is 19.9 Å². The van der Waals surface area contributed by atoms with E-state index in [1.165, 1.54) is 19.2 Å². The SMILES string of the molecule is COc1c(C)cc(C)cc1/C(O)=C1\C(=O)C(=O)N(c2cc(F)ccc2F)C1c1ccc(F)cc1. The molecular formula is C26H20F3NO4. The van der Waals surface area contributed by atoms with Crippen LogP contribution < -0.4 is 9.64 Å². The maximum absolute atomic E-state index is 14.7. The summed E-state index contributed by atoms with van der Waals surface area (Å²) in [5.41, 5.74) is 0.960. The van der Waals surface area contributed by atoms with Gasteiger partial charge in [0, 0.05) is 6.07 Å². The van der Waals surface area contributed by atoms with Crippen molar-refractivity contribution in [1.82, 2.24) is 0 Å². The first kappa shape index (κ1) is 23.1. The highest BCUT2D eigenvalue weighted by molar-refractivity contribution is 6.51. The summed E-state index contributed by atoms with van der Waals surface area (Å²) in [6.07, 6.45) is 0. The molecule has 1 fully saturated rings. The van der Waals surface area contributed by atoms with Crippen LogP contribution in [0.2, 0.25) is 0 Å². The summed E-state index contributed by atoms with van der Waals surface area (Å²) in [7, 11) is 1.40. The lowest BCUT2D eigenvalue weighted by Gasteiger charge is -2.26. The van der Waals surface area contributed by atoms with E-state index < -0.39 is 46.6 Å². The molecule has 1 aliphatic rings. The van der Waals surface area contributed by atoms with Crippen molar-refractivity contribution in [1.29, 1.82) is 0 Å². The smallest absolute Gasteiger partial charge is 0.300 e. The Bertz CT molecular complexity index is 1350. The second-order valence-corrected chi connectivity index (χ2v) is 7.98. The topological polar surface area (TPSA) is 66.8 Å². The van der Waals surface area contributed by atoms with Crippen LogP contribution in [0.15, 0.2) is 60.2 Å². The lowest BCUT2D eigenvalue weighted by molar-refractivity contribution is -0.132. The monoisotopic (exact) mass is 467 g/mol. The van der Waals surface area contributed by atoms with Gasteiger partial charge in [-0.05, 0) is 60.9 Å². The Morgan fingerprint density at radius 1 is 0.941 bits per heavy atom. The molecule has 1 aliphatic heterocycles. The van der Waals surface area contributed by atoms with Gasteiger partial charge < -0.3 is 9.84 Å². The number of aryl methyl sites for hydroxylation is 2. The first-order chi connectivity index (χ1) is 16.1. The maximum Gasteiger partial charge on any atom is 0.300 e. The third-order valence-electron chi connectivity index (χ3n) is 5.68. The van der Waals surface area contributed by atoms with E-state index in [4.69, 9.17) is 4.74 Å². The van der Waals surface area contributed by atoms with Crippen LogP contribution in [0, 0.1) is 31.3 Å². The Balaban J connectivity index is 2.04. The number of hydrogen-bond acceptors (Lipinski definition) is 4. The summed E-state index contributed by atoms with van der Waals surface area (Å²) < 4.78 is 47.8. The molecular weight excluding hydrogens is 447 g/mol. The van der Waals surface area contributed by atoms with Gasteiger partial charge in [0.2, 0.25) is 0 Å². The van der Waals surface area contributed by atoms with Gasteiger partial charge in [0.25, 0.3) is 11.7 Å².